The Morgan fingerprint density at radius 1 is 1.07 bits per heavy atom. The van der Waals surface area contributed by atoms with E-state index in [2.05, 4.69) is 16.1 Å². The van der Waals surface area contributed by atoms with Crippen molar-refractivity contribution in [2.24, 2.45) is 0 Å². The second kappa shape index (κ2) is 9.99. The summed E-state index contributed by atoms with van der Waals surface area (Å²) in [5.41, 5.74) is 2.15. The Morgan fingerprint density at radius 3 is 2.61 bits per heavy atom. The Kier molecular flexibility index (Phi) is 7.14. The Labute approximate surface area is 167 Å². The highest BCUT2D eigenvalue weighted by atomic mass is 32.1. The largest absolute Gasteiger partial charge is 0.435 e. The van der Waals surface area contributed by atoms with Crippen molar-refractivity contribution >= 4 is 22.9 Å². The van der Waals surface area contributed by atoms with Crippen LogP contribution < -0.4 is 10.1 Å². The average Bonchev–Trinajstić information content (AvgIpc) is 3.18. The van der Waals surface area contributed by atoms with Gasteiger partial charge in [0.25, 0.3) is 0 Å². The number of anilines is 1. The Bertz CT molecular complexity index is 883. The van der Waals surface area contributed by atoms with Gasteiger partial charge in [-0.1, -0.05) is 36.4 Å². The van der Waals surface area contributed by atoms with E-state index in [9.17, 15) is 13.6 Å². The van der Waals surface area contributed by atoms with E-state index in [0.29, 0.717) is 24.1 Å². The zero-order valence-electron chi connectivity index (χ0n) is 15.2. The van der Waals surface area contributed by atoms with Crippen LogP contribution in [0.15, 0.2) is 66.0 Å². The summed E-state index contributed by atoms with van der Waals surface area (Å²) in [6, 6.07) is 18.3. The first kappa shape index (κ1) is 20.0. The summed E-state index contributed by atoms with van der Waals surface area (Å²) in [5, 5.41) is 4.87. The van der Waals surface area contributed by atoms with Gasteiger partial charge in [0.2, 0.25) is 5.91 Å². The Hall–Kier alpha value is -2.73. The lowest BCUT2D eigenvalue weighted by Crippen LogP contribution is -2.12. The van der Waals surface area contributed by atoms with Crippen LogP contribution in [0.3, 0.4) is 0 Å². The lowest BCUT2D eigenvalue weighted by molar-refractivity contribution is -0.116. The van der Waals surface area contributed by atoms with Gasteiger partial charge in [-0.25, -0.2) is 0 Å². The molecule has 3 nitrogen and oxygen atoms in total. The van der Waals surface area contributed by atoms with Crippen molar-refractivity contribution in [2.45, 2.75) is 32.3 Å². The van der Waals surface area contributed by atoms with Crippen LogP contribution in [0.1, 0.15) is 28.8 Å². The van der Waals surface area contributed by atoms with E-state index in [0.717, 1.165) is 18.4 Å². The van der Waals surface area contributed by atoms with Crippen molar-refractivity contribution < 1.29 is 18.3 Å². The standard InChI is InChI=1S/C22H21F2NO2S/c23-22(24)27-20-12-11-18(15-17(20)14-16-6-2-1-3-7-16)25-21(26)10-4-8-19-9-5-13-28-19/h1-3,5-7,9,11-13,15,22H,4,8,10,14H2,(H,25,26). The molecule has 0 bridgehead atoms. The van der Waals surface area contributed by atoms with E-state index in [-0.39, 0.29) is 11.7 Å². The summed E-state index contributed by atoms with van der Waals surface area (Å²) in [5.74, 6) is 0.0271. The van der Waals surface area contributed by atoms with E-state index in [1.807, 2.05) is 41.8 Å². The van der Waals surface area contributed by atoms with Gasteiger partial charge in [0.1, 0.15) is 5.75 Å². The number of thiophene rings is 1. The number of ether oxygens (including phenoxy) is 1. The quantitative estimate of drug-likeness (QED) is 0.485. The highest BCUT2D eigenvalue weighted by Gasteiger charge is 2.12. The van der Waals surface area contributed by atoms with Gasteiger partial charge >= 0.3 is 6.61 Å². The predicted octanol–water partition coefficient (Wildman–Crippen LogP) is 5.90. The molecule has 0 saturated heterocycles. The van der Waals surface area contributed by atoms with E-state index in [1.54, 1.807) is 23.5 Å². The topological polar surface area (TPSA) is 38.3 Å². The average molecular weight is 401 g/mol. The molecule has 0 fully saturated rings. The summed E-state index contributed by atoms with van der Waals surface area (Å²) in [6.45, 7) is -2.90. The molecule has 6 heteroatoms. The van der Waals surface area contributed by atoms with E-state index in [4.69, 9.17) is 0 Å². The molecule has 1 aromatic heterocycles. The van der Waals surface area contributed by atoms with Gasteiger partial charge in [-0.15, -0.1) is 11.3 Å². The van der Waals surface area contributed by atoms with Crippen LogP contribution in [-0.4, -0.2) is 12.5 Å². The molecule has 0 aliphatic heterocycles. The molecule has 1 amide bonds. The molecule has 0 radical (unpaired) electrons. The third-order valence-corrected chi connectivity index (χ3v) is 5.14. The van der Waals surface area contributed by atoms with Gasteiger partial charge < -0.3 is 10.1 Å². The number of rotatable bonds is 9. The molecule has 2 aromatic carbocycles. The smallest absolute Gasteiger partial charge is 0.387 e. The summed E-state index contributed by atoms with van der Waals surface area (Å²) < 4.78 is 30.1. The van der Waals surface area contributed by atoms with Gasteiger partial charge in [0.05, 0.1) is 0 Å². The number of amides is 1. The van der Waals surface area contributed by atoms with Crippen LogP contribution in [0.25, 0.3) is 0 Å². The molecule has 0 spiro atoms. The number of benzene rings is 2. The number of nitrogens with one attached hydrogen (secondary N) is 1. The lowest BCUT2D eigenvalue weighted by atomic mass is 10.0. The molecule has 0 aliphatic carbocycles. The lowest BCUT2D eigenvalue weighted by Gasteiger charge is -2.13. The number of aryl methyl sites for hydroxylation is 1. The van der Waals surface area contributed by atoms with E-state index >= 15 is 0 Å². The van der Waals surface area contributed by atoms with Crippen molar-refractivity contribution in [2.75, 3.05) is 5.32 Å². The maximum absolute atomic E-state index is 12.7. The minimum atomic E-state index is -2.90. The van der Waals surface area contributed by atoms with Crippen molar-refractivity contribution in [1.29, 1.82) is 0 Å². The fourth-order valence-electron chi connectivity index (χ4n) is 2.92. The van der Waals surface area contributed by atoms with Crippen LogP contribution in [0.4, 0.5) is 14.5 Å². The Morgan fingerprint density at radius 2 is 1.89 bits per heavy atom. The van der Waals surface area contributed by atoms with Crippen molar-refractivity contribution in [3.05, 3.63) is 82.0 Å². The summed E-state index contributed by atoms with van der Waals surface area (Å²) in [4.78, 5) is 13.5. The number of alkyl halides is 2. The first-order valence-electron chi connectivity index (χ1n) is 9.04. The van der Waals surface area contributed by atoms with E-state index in [1.165, 1.54) is 10.9 Å². The van der Waals surface area contributed by atoms with E-state index < -0.39 is 6.61 Å². The molecule has 3 aromatic rings. The predicted molar refractivity (Wildman–Crippen MR) is 108 cm³/mol. The Balaban J connectivity index is 1.65. The molecule has 28 heavy (non-hydrogen) atoms. The molecule has 1 heterocycles. The summed E-state index contributed by atoms with van der Waals surface area (Å²) >= 11 is 1.68. The maximum atomic E-state index is 12.7. The fourth-order valence-corrected chi connectivity index (χ4v) is 3.67. The van der Waals surface area contributed by atoms with Crippen LogP contribution >= 0.6 is 11.3 Å². The third kappa shape index (κ3) is 6.16. The molecule has 146 valence electrons. The first-order chi connectivity index (χ1) is 13.6. The fraction of sp³-hybridized carbons (Fsp3) is 0.227. The number of halogens is 2. The van der Waals surface area contributed by atoms with Gasteiger partial charge in [0.15, 0.2) is 0 Å². The molecule has 0 saturated carbocycles. The number of hydrogen-bond acceptors (Lipinski definition) is 3. The number of hydrogen-bond donors (Lipinski definition) is 1. The first-order valence-corrected chi connectivity index (χ1v) is 9.92. The van der Waals surface area contributed by atoms with Gasteiger partial charge in [-0.05, 0) is 48.1 Å². The van der Waals surface area contributed by atoms with Crippen LogP contribution in [0, 0.1) is 0 Å². The minimum Gasteiger partial charge on any atom is -0.435 e. The monoisotopic (exact) mass is 401 g/mol. The molecule has 1 N–H and O–H groups in total. The molecular formula is C22H21F2NO2S. The van der Waals surface area contributed by atoms with Crippen LogP contribution in [0.5, 0.6) is 5.75 Å². The SMILES string of the molecule is O=C(CCCc1cccs1)Nc1ccc(OC(F)F)c(Cc2ccccc2)c1. The molecular weight excluding hydrogens is 380 g/mol. The number of carbonyl (C=O) groups excluding carboxylic acids is 1. The molecule has 0 unspecified atom stereocenters. The number of carbonyl (C=O) groups is 1. The highest BCUT2D eigenvalue weighted by molar-refractivity contribution is 7.09. The maximum Gasteiger partial charge on any atom is 0.387 e. The van der Waals surface area contributed by atoms with Gasteiger partial charge in [0, 0.05) is 29.0 Å². The van der Waals surface area contributed by atoms with Crippen LogP contribution in [0.2, 0.25) is 0 Å². The second-order valence-corrected chi connectivity index (χ2v) is 7.38. The minimum absolute atomic E-state index is 0.0928. The zero-order chi connectivity index (χ0) is 19.8. The summed E-state index contributed by atoms with van der Waals surface area (Å²) in [7, 11) is 0. The zero-order valence-corrected chi connectivity index (χ0v) is 16.1. The molecule has 3 rings (SSSR count). The molecule has 0 atom stereocenters. The second-order valence-electron chi connectivity index (χ2n) is 6.34. The summed E-state index contributed by atoms with van der Waals surface area (Å²) in [6.07, 6.45) is 2.47. The van der Waals surface area contributed by atoms with Crippen molar-refractivity contribution in [3.8, 4) is 5.75 Å². The van der Waals surface area contributed by atoms with Crippen LogP contribution in [-0.2, 0) is 17.6 Å². The van der Waals surface area contributed by atoms with Gasteiger partial charge in [-0.3, -0.25) is 4.79 Å². The third-order valence-electron chi connectivity index (χ3n) is 4.20. The normalized spacial score (nSPS) is 10.8. The highest BCUT2D eigenvalue weighted by Crippen LogP contribution is 2.27. The van der Waals surface area contributed by atoms with Gasteiger partial charge in [-0.2, -0.15) is 8.78 Å². The van der Waals surface area contributed by atoms with Crippen molar-refractivity contribution in [3.63, 3.8) is 0 Å². The van der Waals surface area contributed by atoms with Crippen molar-refractivity contribution in [1.82, 2.24) is 0 Å². The molecule has 0 aliphatic rings.